The Hall–Kier alpha value is -3.04. The lowest BCUT2D eigenvalue weighted by Gasteiger charge is -2.11. The van der Waals surface area contributed by atoms with Crippen LogP contribution in [-0.4, -0.2) is 22.1 Å². The van der Waals surface area contributed by atoms with Gasteiger partial charge >= 0.3 is 22.1 Å². The van der Waals surface area contributed by atoms with E-state index in [0.29, 0.717) is 0 Å². The van der Waals surface area contributed by atoms with E-state index in [1.807, 2.05) is 0 Å². The molecular weight excluding hydrogens is 264 g/mol. The number of hydrogen-bond donors (Lipinski definition) is 0. The van der Waals surface area contributed by atoms with Crippen LogP contribution < -0.4 is 0 Å². The minimum Gasteiger partial charge on any atom is -0.267 e. The predicted molar refractivity (Wildman–Crippen MR) is 55.4 cm³/mol. The Morgan fingerprint density at radius 2 is 1.37 bits per heavy atom. The summed E-state index contributed by atoms with van der Waals surface area (Å²) in [5, 5.41) is 17.3. The maximum absolute atomic E-state index is 11.4. The zero-order valence-electron chi connectivity index (χ0n) is 9.12. The first-order valence-corrected chi connectivity index (χ1v) is 4.69. The Morgan fingerprint density at radius 1 is 0.947 bits per heavy atom. The summed E-state index contributed by atoms with van der Waals surface area (Å²) in [6.07, 6.45) is 0. The molecule has 0 fully saturated rings. The Labute approximate surface area is 104 Å². The van der Waals surface area contributed by atoms with E-state index in [1.165, 1.54) is 24.3 Å². The van der Waals surface area contributed by atoms with Gasteiger partial charge in [-0.25, -0.2) is 9.68 Å². The fourth-order valence-corrected chi connectivity index (χ4v) is 1.27. The zero-order valence-corrected chi connectivity index (χ0v) is 9.12. The Kier molecular flexibility index (Phi) is 4.46. The smallest absolute Gasteiger partial charge is 0.267 e. The van der Waals surface area contributed by atoms with Crippen molar-refractivity contribution in [2.24, 2.45) is 0 Å². The van der Waals surface area contributed by atoms with Crippen LogP contribution in [0.2, 0.25) is 0 Å². The number of benzene rings is 1. The van der Waals surface area contributed by atoms with Crippen LogP contribution in [0.3, 0.4) is 0 Å². The molecule has 1 aromatic carbocycles. The van der Waals surface area contributed by atoms with Crippen molar-refractivity contribution in [3.8, 4) is 0 Å². The number of rotatable bonds is 5. The van der Waals surface area contributed by atoms with Crippen LogP contribution in [0.15, 0.2) is 30.3 Å². The first kappa shape index (κ1) is 14.0. The standard InChI is InChI=1S/C9H6N2O8/c12-8(18-10(14)15)7(9(13)19-11(16)17)6-4-2-1-3-5-6/h1-5,7H. The summed E-state index contributed by atoms with van der Waals surface area (Å²) in [6.45, 7) is 0. The molecule has 0 aliphatic rings. The van der Waals surface area contributed by atoms with E-state index in [-0.39, 0.29) is 5.56 Å². The van der Waals surface area contributed by atoms with Gasteiger partial charge in [-0.2, -0.15) is 0 Å². The van der Waals surface area contributed by atoms with E-state index in [2.05, 4.69) is 9.68 Å². The molecule has 0 amide bonds. The van der Waals surface area contributed by atoms with Crippen LogP contribution in [0.25, 0.3) is 0 Å². The van der Waals surface area contributed by atoms with Gasteiger partial charge in [-0.3, -0.25) is 9.59 Å². The van der Waals surface area contributed by atoms with Crippen molar-refractivity contribution in [2.45, 2.75) is 5.92 Å². The number of carbonyl (C=O) groups excluding carboxylic acids is 2. The summed E-state index contributed by atoms with van der Waals surface area (Å²) in [7, 11) is 0. The van der Waals surface area contributed by atoms with Gasteiger partial charge in [-0.15, -0.1) is 20.2 Å². The van der Waals surface area contributed by atoms with Crippen molar-refractivity contribution in [2.75, 3.05) is 0 Å². The molecule has 10 nitrogen and oxygen atoms in total. The van der Waals surface area contributed by atoms with Gasteiger partial charge in [-0.1, -0.05) is 30.3 Å². The van der Waals surface area contributed by atoms with Crippen LogP contribution in [0.5, 0.6) is 0 Å². The second-order valence-corrected chi connectivity index (χ2v) is 3.11. The molecule has 0 atom stereocenters. The second kappa shape index (κ2) is 6.05. The molecule has 0 bridgehead atoms. The summed E-state index contributed by atoms with van der Waals surface area (Å²) >= 11 is 0. The summed E-state index contributed by atoms with van der Waals surface area (Å²) in [6, 6.07) is 6.96. The normalized spacial score (nSPS) is 9.74. The Morgan fingerprint density at radius 3 is 1.74 bits per heavy atom. The lowest BCUT2D eigenvalue weighted by Crippen LogP contribution is -2.29. The predicted octanol–water partition coefficient (Wildman–Crippen LogP) is 0.240. The molecule has 19 heavy (non-hydrogen) atoms. The lowest BCUT2D eigenvalue weighted by molar-refractivity contribution is -0.733. The molecule has 0 N–H and O–H groups in total. The Bertz CT molecular complexity index is 486. The summed E-state index contributed by atoms with van der Waals surface area (Å²) in [5.74, 6) is -5.07. The monoisotopic (exact) mass is 270 g/mol. The van der Waals surface area contributed by atoms with Gasteiger partial charge in [0.2, 0.25) is 0 Å². The average Bonchev–Trinajstić information content (AvgIpc) is 2.28. The molecule has 10 heteroatoms. The van der Waals surface area contributed by atoms with Crippen LogP contribution in [0, 0.1) is 20.2 Å². The van der Waals surface area contributed by atoms with Crippen LogP contribution in [0.4, 0.5) is 0 Å². The summed E-state index contributed by atoms with van der Waals surface area (Å²) in [5.41, 5.74) is -0.0267. The molecule has 0 aliphatic carbocycles. The van der Waals surface area contributed by atoms with Crippen molar-refractivity contribution in [3.63, 3.8) is 0 Å². The number of carbonyl (C=O) groups is 2. The molecule has 1 aromatic rings. The third kappa shape index (κ3) is 4.03. The highest BCUT2D eigenvalue weighted by atomic mass is 17.0. The van der Waals surface area contributed by atoms with E-state index < -0.39 is 28.0 Å². The van der Waals surface area contributed by atoms with Crippen LogP contribution in [-0.2, 0) is 19.3 Å². The molecular formula is C9H6N2O8. The van der Waals surface area contributed by atoms with Crippen LogP contribution >= 0.6 is 0 Å². The molecule has 100 valence electrons. The Balaban J connectivity index is 3.04. The first-order chi connectivity index (χ1) is 8.91. The van der Waals surface area contributed by atoms with Crippen molar-refractivity contribution in [3.05, 3.63) is 56.1 Å². The fourth-order valence-electron chi connectivity index (χ4n) is 1.27. The highest BCUT2D eigenvalue weighted by molar-refractivity contribution is 6.00. The van der Waals surface area contributed by atoms with E-state index in [1.54, 1.807) is 6.07 Å². The van der Waals surface area contributed by atoms with Gasteiger partial charge in [0.25, 0.3) is 0 Å². The highest BCUT2D eigenvalue weighted by Crippen LogP contribution is 2.19. The number of hydrogen-bond acceptors (Lipinski definition) is 8. The van der Waals surface area contributed by atoms with Gasteiger partial charge in [0, 0.05) is 0 Å². The molecule has 0 heterocycles. The molecule has 0 aromatic heterocycles. The van der Waals surface area contributed by atoms with Crippen molar-refractivity contribution in [1.29, 1.82) is 0 Å². The maximum Gasteiger partial charge on any atom is 0.320 e. The van der Waals surface area contributed by atoms with Gasteiger partial charge in [0.1, 0.15) is 0 Å². The van der Waals surface area contributed by atoms with Gasteiger partial charge in [0.05, 0.1) is 0 Å². The maximum atomic E-state index is 11.4. The number of nitrogens with zero attached hydrogens (tertiary/aromatic N) is 2. The second-order valence-electron chi connectivity index (χ2n) is 3.11. The lowest BCUT2D eigenvalue weighted by atomic mass is 10.00. The van der Waals surface area contributed by atoms with E-state index in [9.17, 15) is 29.8 Å². The topological polar surface area (TPSA) is 139 Å². The highest BCUT2D eigenvalue weighted by Gasteiger charge is 2.33. The largest absolute Gasteiger partial charge is 0.320 e. The molecule has 0 spiro atoms. The average molecular weight is 270 g/mol. The molecule has 0 radical (unpaired) electrons. The first-order valence-electron chi connectivity index (χ1n) is 4.69. The third-order valence-corrected chi connectivity index (χ3v) is 1.93. The molecule has 0 saturated heterocycles. The van der Waals surface area contributed by atoms with Gasteiger partial charge in [-0.05, 0) is 5.56 Å². The quantitative estimate of drug-likeness (QED) is 0.421. The van der Waals surface area contributed by atoms with E-state index in [0.717, 1.165) is 0 Å². The van der Waals surface area contributed by atoms with Gasteiger partial charge < -0.3 is 0 Å². The van der Waals surface area contributed by atoms with E-state index >= 15 is 0 Å². The van der Waals surface area contributed by atoms with Crippen LogP contribution in [0.1, 0.15) is 11.5 Å². The molecule has 0 saturated carbocycles. The third-order valence-electron chi connectivity index (χ3n) is 1.93. The zero-order chi connectivity index (χ0) is 14.4. The van der Waals surface area contributed by atoms with Crippen molar-refractivity contribution >= 4 is 11.9 Å². The van der Waals surface area contributed by atoms with Crippen molar-refractivity contribution < 1.29 is 29.4 Å². The van der Waals surface area contributed by atoms with Crippen molar-refractivity contribution in [1.82, 2.24) is 0 Å². The van der Waals surface area contributed by atoms with Gasteiger partial charge in [0.15, 0.2) is 5.92 Å². The fraction of sp³-hybridized carbons (Fsp3) is 0.111. The van der Waals surface area contributed by atoms with E-state index in [4.69, 9.17) is 0 Å². The SMILES string of the molecule is O=C(O[N+](=O)[O-])C(C(=O)O[N+](=O)[O-])c1ccccc1. The summed E-state index contributed by atoms with van der Waals surface area (Å²) < 4.78 is 0. The summed E-state index contributed by atoms with van der Waals surface area (Å²) in [4.78, 5) is 50.2. The molecule has 0 aliphatic heterocycles. The minimum absolute atomic E-state index is 0.0267. The minimum atomic E-state index is -1.91. The molecule has 1 rings (SSSR count). The molecule has 0 unspecified atom stereocenters.